The van der Waals surface area contributed by atoms with Crippen LogP contribution in [0.25, 0.3) is 0 Å². The van der Waals surface area contributed by atoms with E-state index >= 15 is 0 Å². The summed E-state index contributed by atoms with van der Waals surface area (Å²) in [6.07, 6.45) is 0. The number of carbonyl (C=O) groups excluding carboxylic acids is 1. The van der Waals surface area contributed by atoms with Crippen LogP contribution in [0, 0.1) is 5.82 Å². The van der Waals surface area contributed by atoms with E-state index in [1.165, 1.54) is 17.7 Å². The minimum Gasteiger partial charge on any atom is -0.335 e. The minimum atomic E-state index is -0.311. The molecule has 2 aromatic rings. The molecular formula is C15H16FN2O+. The first-order valence-electron chi connectivity index (χ1n) is 6.15. The van der Waals surface area contributed by atoms with Crippen LogP contribution in [0.1, 0.15) is 5.56 Å². The lowest BCUT2D eigenvalue weighted by Crippen LogP contribution is -2.84. The molecule has 1 amide bonds. The summed E-state index contributed by atoms with van der Waals surface area (Å²) < 4.78 is 12.7. The average molecular weight is 259 g/mol. The average Bonchev–Trinajstić information content (AvgIpc) is 2.43. The van der Waals surface area contributed by atoms with E-state index in [1.807, 2.05) is 35.6 Å². The van der Waals surface area contributed by atoms with Gasteiger partial charge in [-0.05, 0) is 24.3 Å². The molecule has 0 saturated carbocycles. The van der Waals surface area contributed by atoms with Crippen molar-refractivity contribution in [2.24, 2.45) is 0 Å². The number of quaternary nitrogens is 1. The third-order valence-corrected chi connectivity index (χ3v) is 2.68. The van der Waals surface area contributed by atoms with Gasteiger partial charge in [0.1, 0.15) is 12.4 Å². The molecule has 2 aromatic carbocycles. The summed E-state index contributed by atoms with van der Waals surface area (Å²) in [4.78, 5) is 11.7. The van der Waals surface area contributed by atoms with Crippen LogP contribution in [0.15, 0.2) is 54.6 Å². The highest BCUT2D eigenvalue weighted by Crippen LogP contribution is 2.07. The highest BCUT2D eigenvalue weighted by molar-refractivity contribution is 5.91. The second kappa shape index (κ2) is 6.66. The lowest BCUT2D eigenvalue weighted by molar-refractivity contribution is -0.659. The number of anilines is 1. The number of halogens is 1. The van der Waals surface area contributed by atoms with Crippen LogP contribution >= 0.6 is 0 Å². The van der Waals surface area contributed by atoms with Gasteiger partial charge in [-0.3, -0.25) is 4.79 Å². The number of amides is 1. The predicted octanol–water partition coefficient (Wildman–Crippen LogP) is 1.53. The highest BCUT2D eigenvalue weighted by atomic mass is 19.1. The lowest BCUT2D eigenvalue weighted by Gasteiger charge is -2.04. The SMILES string of the molecule is O=C(C[NH2+]Cc1ccccc1)Nc1ccc(F)cc1. The van der Waals surface area contributed by atoms with Crippen molar-refractivity contribution in [2.45, 2.75) is 6.54 Å². The van der Waals surface area contributed by atoms with Crippen molar-refractivity contribution in [2.75, 3.05) is 11.9 Å². The molecular weight excluding hydrogens is 243 g/mol. The van der Waals surface area contributed by atoms with Gasteiger partial charge < -0.3 is 10.6 Å². The van der Waals surface area contributed by atoms with Crippen molar-refractivity contribution in [3.63, 3.8) is 0 Å². The lowest BCUT2D eigenvalue weighted by atomic mass is 10.2. The molecule has 0 radical (unpaired) electrons. The maximum atomic E-state index is 12.7. The van der Waals surface area contributed by atoms with E-state index in [0.29, 0.717) is 12.2 Å². The van der Waals surface area contributed by atoms with Gasteiger partial charge in [-0.15, -0.1) is 0 Å². The largest absolute Gasteiger partial charge is 0.335 e. The van der Waals surface area contributed by atoms with Crippen LogP contribution in [0.5, 0.6) is 0 Å². The van der Waals surface area contributed by atoms with Crippen molar-refractivity contribution < 1.29 is 14.5 Å². The summed E-state index contributed by atoms with van der Waals surface area (Å²) in [5.74, 6) is -0.406. The Bertz CT molecular complexity index is 526. The van der Waals surface area contributed by atoms with Crippen LogP contribution in [0.2, 0.25) is 0 Å². The Morgan fingerprint density at radius 1 is 1.05 bits per heavy atom. The first-order valence-corrected chi connectivity index (χ1v) is 6.15. The number of nitrogens with two attached hydrogens (primary N) is 1. The molecule has 0 heterocycles. The van der Waals surface area contributed by atoms with Crippen LogP contribution in [0.3, 0.4) is 0 Å². The number of benzene rings is 2. The Kier molecular flexibility index (Phi) is 4.64. The van der Waals surface area contributed by atoms with E-state index in [1.54, 1.807) is 12.1 Å². The molecule has 0 spiro atoms. The summed E-state index contributed by atoms with van der Waals surface area (Å²) >= 11 is 0. The van der Waals surface area contributed by atoms with Crippen LogP contribution < -0.4 is 10.6 Å². The maximum Gasteiger partial charge on any atom is 0.279 e. The Morgan fingerprint density at radius 2 is 1.74 bits per heavy atom. The molecule has 0 bridgehead atoms. The molecule has 4 heteroatoms. The van der Waals surface area contributed by atoms with E-state index in [0.717, 1.165) is 6.54 Å². The molecule has 19 heavy (non-hydrogen) atoms. The van der Waals surface area contributed by atoms with Gasteiger partial charge >= 0.3 is 0 Å². The van der Waals surface area contributed by atoms with Gasteiger partial charge in [0.25, 0.3) is 5.91 Å². The Morgan fingerprint density at radius 3 is 2.42 bits per heavy atom. The second-order valence-electron chi connectivity index (χ2n) is 4.24. The quantitative estimate of drug-likeness (QED) is 0.840. The fourth-order valence-corrected chi connectivity index (χ4v) is 1.73. The first kappa shape index (κ1) is 13.2. The van der Waals surface area contributed by atoms with Crippen molar-refractivity contribution in [3.8, 4) is 0 Å². The zero-order valence-electron chi connectivity index (χ0n) is 10.5. The Balaban J connectivity index is 1.74. The summed E-state index contributed by atoms with van der Waals surface area (Å²) in [6, 6.07) is 15.7. The summed E-state index contributed by atoms with van der Waals surface area (Å²) in [7, 11) is 0. The maximum absolute atomic E-state index is 12.7. The number of nitrogens with one attached hydrogen (secondary N) is 1. The topological polar surface area (TPSA) is 45.7 Å². The third kappa shape index (κ3) is 4.52. The zero-order valence-corrected chi connectivity index (χ0v) is 10.5. The van der Waals surface area contributed by atoms with Gasteiger partial charge in [-0.25, -0.2) is 4.39 Å². The fourth-order valence-electron chi connectivity index (χ4n) is 1.73. The normalized spacial score (nSPS) is 10.2. The van der Waals surface area contributed by atoms with Gasteiger partial charge in [-0.1, -0.05) is 30.3 Å². The van der Waals surface area contributed by atoms with E-state index in [9.17, 15) is 9.18 Å². The molecule has 0 fully saturated rings. The van der Waals surface area contributed by atoms with Crippen molar-refractivity contribution >= 4 is 11.6 Å². The number of hydrogen-bond donors (Lipinski definition) is 2. The van der Waals surface area contributed by atoms with E-state index < -0.39 is 0 Å². The number of carbonyl (C=O) groups is 1. The van der Waals surface area contributed by atoms with Gasteiger partial charge in [0.15, 0.2) is 6.54 Å². The van der Waals surface area contributed by atoms with Crippen molar-refractivity contribution in [1.82, 2.24) is 0 Å². The first-order chi connectivity index (χ1) is 9.24. The molecule has 0 aromatic heterocycles. The highest BCUT2D eigenvalue weighted by Gasteiger charge is 2.04. The summed E-state index contributed by atoms with van der Waals surface area (Å²) in [6.45, 7) is 1.10. The molecule has 3 N–H and O–H groups in total. The van der Waals surface area contributed by atoms with Crippen LogP contribution in [-0.2, 0) is 11.3 Å². The van der Waals surface area contributed by atoms with Crippen LogP contribution in [0.4, 0.5) is 10.1 Å². The minimum absolute atomic E-state index is 0.0949. The molecule has 0 aliphatic heterocycles. The fraction of sp³-hybridized carbons (Fsp3) is 0.133. The molecule has 0 aliphatic rings. The molecule has 0 atom stereocenters. The van der Waals surface area contributed by atoms with E-state index in [-0.39, 0.29) is 11.7 Å². The molecule has 2 rings (SSSR count). The summed E-state index contributed by atoms with van der Waals surface area (Å²) in [5, 5.41) is 4.64. The summed E-state index contributed by atoms with van der Waals surface area (Å²) in [5.41, 5.74) is 1.79. The molecule has 0 aliphatic carbocycles. The van der Waals surface area contributed by atoms with Gasteiger partial charge in [-0.2, -0.15) is 0 Å². The van der Waals surface area contributed by atoms with Gasteiger partial charge in [0.2, 0.25) is 0 Å². The zero-order chi connectivity index (χ0) is 13.5. The van der Waals surface area contributed by atoms with E-state index in [4.69, 9.17) is 0 Å². The number of rotatable bonds is 5. The Labute approximate surface area is 111 Å². The smallest absolute Gasteiger partial charge is 0.279 e. The van der Waals surface area contributed by atoms with Gasteiger partial charge in [0, 0.05) is 11.3 Å². The molecule has 0 saturated heterocycles. The molecule has 98 valence electrons. The number of hydrogen-bond acceptors (Lipinski definition) is 1. The molecule has 3 nitrogen and oxygen atoms in total. The van der Waals surface area contributed by atoms with Gasteiger partial charge in [0.05, 0.1) is 0 Å². The standard InChI is InChI=1S/C15H15FN2O/c16-13-6-8-14(9-7-13)18-15(19)11-17-10-12-4-2-1-3-5-12/h1-9,17H,10-11H2,(H,18,19)/p+1. The monoisotopic (exact) mass is 259 g/mol. The van der Waals surface area contributed by atoms with Crippen molar-refractivity contribution in [1.29, 1.82) is 0 Å². The third-order valence-electron chi connectivity index (χ3n) is 2.68. The second-order valence-corrected chi connectivity index (χ2v) is 4.24. The molecule has 0 unspecified atom stereocenters. The predicted molar refractivity (Wildman–Crippen MR) is 72.0 cm³/mol. The van der Waals surface area contributed by atoms with Crippen LogP contribution in [-0.4, -0.2) is 12.5 Å². The van der Waals surface area contributed by atoms with Crippen molar-refractivity contribution in [3.05, 3.63) is 66.0 Å². The Hall–Kier alpha value is -2.20. The van der Waals surface area contributed by atoms with E-state index in [2.05, 4.69) is 5.32 Å².